The maximum absolute atomic E-state index is 12.0. The molecule has 8 heteroatoms. The van der Waals surface area contributed by atoms with E-state index in [0.29, 0.717) is 31.9 Å². The number of nitrogens with one attached hydrogen (secondary N) is 2. The number of halogens is 1. The molecular weight excluding hydrogens is 366 g/mol. The van der Waals surface area contributed by atoms with Crippen LogP contribution in [0.5, 0.6) is 0 Å². The molecule has 0 aromatic heterocycles. The van der Waals surface area contributed by atoms with Gasteiger partial charge >= 0.3 is 12.0 Å². The highest BCUT2D eigenvalue weighted by Crippen LogP contribution is 2.29. The van der Waals surface area contributed by atoms with Crippen LogP contribution in [0.1, 0.15) is 12.8 Å². The van der Waals surface area contributed by atoms with Crippen molar-refractivity contribution >= 4 is 39.3 Å². The fourth-order valence-electron chi connectivity index (χ4n) is 2.30. The Morgan fingerprint density at radius 3 is 2.74 bits per heavy atom. The minimum atomic E-state index is -0.867. The van der Waals surface area contributed by atoms with Crippen LogP contribution in [0.25, 0.3) is 0 Å². The molecule has 1 aromatic rings. The van der Waals surface area contributed by atoms with Crippen molar-refractivity contribution in [3.05, 3.63) is 22.7 Å². The van der Waals surface area contributed by atoms with Gasteiger partial charge in [-0.1, -0.05) is 15.9 Å². The van der Waals surface area contributed by atoms with E-state index in [4.69, 9.17) is 9.84 Å². The van der Waals surface area contributed by atoms with Crippen molar-refractivity contribution in [3.63, 3.8) is 0 Å². The summed E-state index contributed by atoms with van der Waals surface area (Å²) in [6, 6.07) is 5.39. The number of hydrogen-bond acceptors (Lipinski definition) is 4. The summed E-state index contributed by atoms with van der Waals surface area (Å²) >= 11 is 3.41. The van der Waals surface area contributed by atoms with Crippen LogP contribution in [0.15, 0.2) is 22.7 Å². The molecule has 0 radical (unpaired) electrons. The average Bonchev–Trinajstić information content (AvgIpc) is 2.52. The van der Waals surface area contributed by atoms with Crippen molar-refractivity contribution in [2.45, 2.75) is 12.8 Å². The van der Waals surface area contributed by atoms with E-state index in [9.17, 15) is 9.59 Å². The number of amides is 2. The molecule has 0 unspecified atom stereocenters. The molecule has 23 heavy (non-hydrogen) atoms. The molecule has 2 amide bonds. The van der Waals surface area contributed by atoms with Crippen LogP contribution in [0.3, 0.4) is 0 Å². The number of rotatable bonds is 6. The van der Waals surface area contributed by atoms with Crippen LogP contribution in [0.4, 0.5) is 16.2 Å². The Balaban J connectivity index is 1.96. The molecule has 126 valence electrons. The second kappa shape index (κ2) is 8.73. The van der Waals surface area contributed by atoms with Crippen LogP contribution in [0.2, 0.25) is 0 Å². The van der Waals surface area contributed by atoms with Crippen LogP contribution < -0.4 is 15.5 Å². The maximum atomic E-state index is 12.0. The first kappa shape index (κ1) is 17.6. The Bertz CT molecular complexity index is 562. The molecule has 0 bridgehead atoms. The van der Waals surface area contributed by atoms with Gasteiger partial charge in [-0.2, -0.15) is 0 Å². The van der Waals surface area contributed by atoms with Crippen LogP contribution in [-0.4, -0.2) is 50.0 Å². The highest BCUT2D eigenvalue weighted by atomic mass is 79.9. The zero-order valence-electron chi connectivity index (χ0n) is 12.7. The maximum Gasteiger partial charge on any atom is 0.319 e. The number of ether oxygens (including phenoxy) is 1. The van der Waals surface area contributed by atoms with Crippen molar-refractivity contribution in [2.75, 3.05) is 43.1 Å². The highest BCUT2D eigenvalue weighted by molar-refractivity contribution is 9.10. The summed E-state index contributed by atoms with van der Waals surface area (Å²) in [4.78, 5) is 24.6. The Kier molecular flexibility index (Phi) is 6.66. The number of carbonyl (C=O) groups excluding carboxylic acids is 1. The molecule has 1 aliphatic heterocycles. The van der Waals surface area contributed by atoms with Crippen molar-refractivity contribution in [1.82, 2.24) is 5.32 Å². The first-order valence-electron chi connectivity index (χ1n) is 7.45. The van der Waals surface area contributed by atoms with E-state index in [2.05, 4.69) is 31.5 Å². The lowest BCUT2D eigenvalue weighted by atomic mass is 10.2. The van der Waals surface area contributed by atoms with E-state index in [1.807, 2.05) is 18.2 Å². The minimum absolute atomic E-state index is 0.0379. The average molecular weight is 386 g/mol. The Hall–Kier alpha value is -1.80. The lowest BCUT2D eigenvalue weighted by Crippen LogP contribution is -2.37. The zero-order chi connectivity index (χ0) is 16.7. The van der Waals surface area contributed by atoms with Gasteiger partial charge < -0.3 is 25.4 Å². The van der Waals surface area contributed by atoms with Gasteiger partial charge in [0, 0.05) is 30.5 Å². The number of benzene rings is 1. The standard InChI is InChI=1S/C15H20BrN3O4/c16-11-3-4-13(19-6-8-23-9-7-19)12(10-11)18-15(22)17-5-1-2-14(20)21/h3-4,10H,1-2,5-9H2,(H,20,21)(H2,17,18,22). The number of carboxylic acid groups (broad SMARTS) is 1. The summed E-state index contributed by atoms with van der Waals surface area (Å²) in [6.45, 7) is 3.19. The number of carbonyl (C=O) groups is 2. The first-order chi connectivity index (χ1) is 11.1. The van der Waals surface area contributed by atoms with Gasteiger partial charge in [0.25, 0.3) is 0 Å². The number of carboxylic acids is 1. The smallest absolute Gasteiger partial charge is 0.319 e. The highest BCUT2D eigenvalue weighted by Gasteiger charge is 2.16. The van der Waals surface area contributed by atoms with E-state index < -0.39 is 5.97 Å². The number of aliphatic carboxylic acids is 1. The summed E-state index contributed by atoms with van der Waals surface area (Å²) < 4.78 is 6.22. The van der Waals surface area contributed by atoms with Crippen molar-refractivity contribution in [1.29, 1.82) is 0 Å². The molecular formula is C15H20BrN3O4. The SMILES string of the molecule is O=C(O)CCCNC(=O)Nc1cc(Br)ccc1N1CCOCC1. The van der Waals surface area contributed by atoms with E-state index >= 15 is 0 Å². The third-order valence-corrected chi connectivity index (χ3v) is 3.90. The number of nitrogens with zero attached hydrogens (tertiary/aromatic N) is 1. The Labute approximate surface area is 143 Å². The number of anilines is 2. The van der Waals surface area contributed by atoms with E-state index in [1.165, 1.54) is 0 Å². The van der Waals surface area contributed by atoms with Gasteiger partial charge in [0.1, 0.15) is 0 Å². The first-order valence-corrected chi connectivity index (χ1v) is 8.24. The fourth-order valence-corrected chi connectivity index (χ4v) is 2.66. The summed E-state index contributed by atoms with van der Waals surface area (Å²) in [5.41, 5.74) is 1.65. The molecule has 1 saturated heterocycles. The third-order valence-electron chi connectivity index (χ3n) is 3.41. The van der Waals surface area contributed by atoms with Crippen LogP contribution in [-0.2, 0) is 9.53 Å². The van der Waals surface area contributed by atoms with Gasteiger partial charge in [-0.25, -0.2) is 4.79 Å². The third kappa shape index (κ3) is 5.72. The largest absolute Gasteiger partial charge is 0.481 e. The fraction of sp³-hybridized carbons (Fsp3) is 0.467. The Morgan fingerprint density at radius 1 is 1.30 bits per heavy atom. The molecule has 0 aliphatic carbocycles. The molecule has 1 fully saturated rings. The molecule has 3 N–H and O–H groups in total. The van der Waals surface area contributed by atoms with Gasteiger partial charge in [-0.15, -0.1) is 0 Å². The molecule has 0 atom stereocenters. The molecule has 0 spiro atoms. The van der Waals surface area contributed by atoms with Gasteiger partial charge in [-0.3, -0.25) is 4.79 Å². The summed E-state index contributed by atoms with van der Waals surface area (Å²) in [6.07, 6.45) is 0.438. The number of hydrogen-bond donors (Lipinski definition) is 3. The van der Waals surface area contributed by atoms with Crippen LogP contribution in [0, 0.1) is 0 Å². The van der Waals surface area contributed by atoms with Gasteiger partial charge in [0.05, 0.1) is 24.6 Å². The van der Waals surface area contributed by atoms with Gasteiger partial charge in [-0.05, 0) is 24.6 Å². The molecule has 1 aromatic carbocycles. The monoisotopic (exact) mass is 385 g/mol. The normalized spacial score (nSPS) is 14.4. The number of morpholine rings is 1. The van der Waals surface area contributed by atoms with E-state index in [0.717, 1.165) is 23.2 Å². The predicted molar refractivity (Wildman–Crippen MR) is 91.1 cm³/mol. The second-order valence-corrected chi connectivity index (χ2v) is 6.05. The molecule has 2 rings (SSSR count). The Morgan fingerprint density at radius 2 is 2.04 bits per heavy atom. The zero-order valence-corrected chi connectivity index (χ0v) is 14.3. The molecule has 1 heterocycles. The van der Waals surface area contributed by atoms with Gasteiger partial charge in [0.15, 0.2) is 0 Å². The number of urea groups is 1. The lowest BCUT2D eigenvalue weighted by Gasteiger charge is -2.30. The quantitative estimate of drug-likeness (QED) is 0.653. The van der Waals surface area contributed by atoms with Crippen molar-refractivity contribution < 1.29 is 19.4 Å². The van der Waals surface area contributed by atoms with E-state index in [1.54, 1.807) is 0 Å². The van der Waals surface area contributed by atoms with Crippen LogP contribution >= 0.6 is 15.9 Å². The lowest BCUT2D eigenvalue weighted by molar-refractivity contribution is -0.137. The molecule has 1 aliphatic rings. The van der Waals surface area contributed by atoms with Crippen molar-refractivity contribution in [3.8, 4) is 0 Å². The molecule has 0 saturated carbocycles. The minimum Gasteiger partial charge on any atom is -0.481 e. The molecule has 7 nitrogen and oxygen atoms in total. The topological polar surface area (TPSA) is 90.9 Å². The van der Waals surface area contributed by atoms with E-state index in [-0.39, 0.29) is 12.5 Å². The summed E-state index contributed by atoms with van der Waals surface area (Å²) in [5.74, 6) is -0.867. The summed E-state index contributed by atoms with van der Waals surface area (Å²) in [7, 11) is 0. The predicted octanol–water partition coefficient (Wildman–Crippen LogP) is 2.27. The second-order valence-electron chi connectivity index (χ2n) is 5.14. The van der Waals surface area contributed by atoms with Crippen molar-refractivity contribution in [2.24, 2.45) is 0 Å². The van der Waals surface area contributed by atoms with Gasteiger partial charge in [0.2, 0.25) is 0 Å². The summed E-state index contributed by atoms with van der Waals surface area (Å²) in [5, 5.41) is 14.1.